The van der Waals surface area contributed by atoms with Gasteiger partial charge in [0.05, 0.1) is 17.7 Å². The lowest BCUT2D eigenvalue weighted by Crippen LogP contribution is -2.56. The van der Waals surface area contributed by atoms with Gasteiger partial charge in [-0.2, -0.15) is 11.3 Å². The molecule has 158 valence electrons. The highest BCUT2D eigenvalue weighted by Crippen LogP contribution is 2.39. The minimum absolute atomic E-state index is 0.133. The van der Waals surface area contributed by atoms with Crippen LogP contribution in [-0.4, -0.2) is 34.7 Å². The molecule has 2 heterocycles. The molecule has 2 aromatic rings. The molecule has 1 saturated carbocycles. The Bertz CT molecular complexity index is 865. The normalized spacial score (nSPS) is 16.2. The van der Waals surface area contributed by atoms with Crippen molar-refractivity contribution in [2.24, 2.45) is 5.92 Å². The summed E-state index contributed by atoms with van der Waals surface area (Å²) in [6.45, 7) is 9.55. The first-order valence-electron chi connectivity index (χ1n) is 9.82. The van der Waals surface area contributed by atoms with Crippen LogP contribution in [0, 0.1) is 12.8 Å². The minimum Gasteiger partial charge on any atom is -0.444 e. The Kier molecular flexibility index (Phi) is 6.03. The predicted octanol–water partition coefficient (Wildman–Crippen LogP) is 4.06. The van der Waals surface area contributed by atoms with Crippen molar-refractivity contribution in [2.45, 2.75) is 65.0 Å². The van der Waals surface area contributed by atoms with Crippen LogP contribution in [0.25, 0.3) is 11.5 Å². The number of thiophene rings is 1. The second-order valence-electron chi connectivity index (χ2n) is 8.81. The second kappa shape index (κ2) is 8.18. The number of carbonyl (C=O) groups is 2. The Morgan fingerprint density at radius 3 is 2.62 bits per heavy atom. The number of rotatable bonds is 7. The van der Waals surface area contributed by atoms with E-state index in [2.05, 4.69) is 15.6 Å². The number of oxazole rings is 1. The fourth-order valence-corrected chi connectivity index (χ4v) is 3.83. The molecule has 0 bridgehead atoms. The van der Waals surface area contributed by atoms with Crippen molar-refractivity contribution in [1.82, 2.24) is 15.6 Å². The average molecular weight is 420 g/mol. The van der Waals surface area contributed by atoms with Crippen LogP contribution in [0.3, 0.4) is 0 Å². The zero-order valence-corrected chi connectivity index (χ0v) is 18.4. The third-order valence-corrected chi connectivity index (χ3v) is 5.57. The Hall–Kier alpha value is -2.35. The number of aromatic nitrogens is 1. The maximum absolute atomic E-state index is 12.7. The Morgan fingerprint density at radius 2 is 2.03 bits per heavy atom. The first kappa shape index (κ1) is 21.4. The Labute approximate surface area is 175 Å². The van der Waals surface area contributed by atoms with Gasteiger partial charge in [0.15, 0.2) is 0 Å². The molecule has 1 atom stereocenters. The van der Waals surface area contributed by atoms with E-state index in [1.807, 2.05) is 51.4 Å². The molecule has 0 spiro atoms. The van der Waals surface area contributed by atoms with Crippen LogP contribution >= 0.6 is 11.3 Å². The molecule has 1 aliphatic carbocycles. The van der Waals surface area contributed by atoms with E-state index < -0.39 is 17.2 Å². The molecule has 8 heteroatoms. The summed E-state index contributed by atoms with van der Waals surface area (Å²) in [4.78, 5) is 29.3. The zero-order valence-electron chi connectivity index (χ0n) is 17.6. The van der Waals surface area contributed by atoms with Gasteiger partial charge in [0, 0.05) is 17.5 Å². The Morgan fingerprint density at radius 1 is 1.31 bits per heavy atom. The lowest BCUT2D eigenvalue weighted by atomic mass is 9.95. The molecule has 3 rings (SSSR count). The molecule has 0 aliphatic heterocycles. The summed E-state index contributed by atoms with van der Waals surface area (Å²) < 4.78 is 11.0. The smallest absolute Gasteiger partial charge is 0.407 e. The lowest BCUT2D eigenvalue weighted by Gasteiger charge is -2.32. The highest BCUT2D eigenvalue weighted by Gasteiger charge is 2.43. The summed E-state index contributed by atoms with van der Waals surface area (Å²) in [5, 5.41) is 9.82. The summed E-state index contributed by atoms with van der Waals surface area (Å²) in [6.07, 6.45) is 1.70. The first-order chi connectivity index (χ1) is 13.6. The number of alkyl carbamates (subject to hydrolysis) is 1. The van der Waals surface area contributed by atoms with Crippen molar-refractivity contribution in [2.75, 3.05) is 6.54 Å². The molecule has 0 radical (unpaired) electrons. The van der Waals surface area contributed by atoms with Crippen molar-refractivity contribution in [3.05, 3.63) is 28.3 Å². The zero-order chi connectivity index (χ0) is 21.2. The highest BCUT2D eigenvalue weighted by molar-refractivity contribution is 7.08. The van der Waals surface area contributed by atoms with Crippen molar-refractivity contribution >= 4 is 23.3 Å². The first-order valence-corrected chi connectivity index (χ1v) is 10.8. The van der Waals surface area contributed by atoms with Gasteiger partial charge in [0.1, 0.15) is 11.4 Å². The third-order valence-electron chi connectivity index (χ3n) is 4.89. The van der Waals surface area contributed by atoms with E-state index in [0.717, 1.165) is 18.4 Å². The van der Waals surface area contributed by atoms with E-state index in [0.29, 0.717) is 29.8 Å². The lowest BCUT2D eigenvalue weighted by molar-refractivity contribution is -0.122. The highest BCUT2D eigenvalue weighted by atomic mass is 32.1. The largest absolute Gasteiger partial charge is 0.444 e. The molecule has 7 nitrogen and oxygen atoms in total. The van der Waals surface area contributed by atoms with Crippen molar-refractivity contribution in [1.29, 1.82) is 0 Å². The molecule has 2 amide bonds. The van der Waals surface area contributed by atoms with Gasteiger partial charge in [-0.15, -0.1) is 0 Å². The minimum atomic E-state index is -0.562. The van der Waals surface area contributed by atoms with Crippen molar-refractivity contribution in [3.63, 3.8) is 0 Å². The third kappa shape index (κ3) is 5.82. The van der Waals surface area contributed by atoms with Gasteiger partial charge in [-0.25, -0.2) is 9.78 Å². The van der Waals surface area contributed by atoms with Crippen LogP contribution in [0.2, 0.25) is 0 Å². The summed E-state index contributed by atoms with van der Waals surface area (Å²) in [5.74, 6) is 1.37. The number of ether oxygens (including phenoxy) is 1. The molecule has 1 unspecified atom stereocenters. The predicted molar refractivity (Wildman–Crippen MR) is 112 cm³/mol. The van der Waals surface area contributed by atoms with Crippen LogP contribution in [0.5, 0.6) is 0 Å². The standard InChI is InChI=1S/C21H29N3O4S/c1-13-16(23-18(27-13)14-8-9-29-11-14)10-17(25)24-21(5,15-6-7-15)12-22-19(26)28-20(2,3)4/h8-9,11,15H,6-7,10,12H2,1-5H3,(H,22,26)(H,24,25). The van der Waals surface area contributed by atoms with Crippen LogP contribution < -0.4 is 10.6 Å². The summed E-state index contributed by atoms with van der Waals surface area (Å²) in [5.41, 5.74) is 0.451. The quantitative estimate of drug-likeness (QED) is 0.706. The van der Waals surface area contributed by atoms with Gasteiger partial charge in [0.2, 0.25) is 11.8 Å². The van der Waals surface area contributed by atoms with Crippen molar-refractivity contribution < 1.29 is 18.7 Å². The molecule has 29 heavy (non-hydrogen) atoms. The molecule has 2 aromatic heterocycles. The van der Waals surface area contributed by atoms with Gasteiger partial charge in [-0.1, -0.05) is 0 Å². The van der Waals surface area contributed by atoms with E-state index in [1.165, 1.54) is 0 Å². The Balaban J connectivity index is 1.61. The topological polar surface area (TPSA) is 93.5 Å². The fraction of sp³-hybridized carbons (Fsp3) is 0.571. The number of nitrogens with zero attached hydrogens (tertiary/aromatic N) is 1. The number of amides is 2. The molecular weight excluding hydrogens is 390 g/mol. The number of aryl methyl sites for hydroxylation is 1. The van der Waals surface area contributed by atoms with Gasteiger partial charge < -0.3 is 19.8 Å². The van der Waals surface area contributed by atoms with E-state index in [9.17, 15) is 9.59 Å². The number of nitrogens with one attached hydrogen (secondary N) is 2. The average Bonchev–Trinajstić information content (AvgIpc) is 3.21. The molecule has 2 N–H and O–H groups in total. The van der Waals surface area contributed by atoms with E-state index in [4.69, 9.17) is 9.15 Å². The number of hydrogen-bond acceptors (Lipinski definition) is 6. The molecule has 0 aromatic carbocycles. The van der Waals surface area contributed by atoms with Crippen molar-refractivity contribution in [3.8, 4) is 11.5 Å². The van der Waals surface area contributed by atoms with Gasteiger partial charge in [-0.05, 0) is 64.8 Å². The summed E-state index contributed by atoms with van der Waals surface area (Å²) in [6, 6.07) is 1.94. The maximum Gasteiger partial charge on any atom is 0.407 e. The van der Waals surface area contributed by atoms with Gasteiger partial charge in [-0.3, -0.25) is 4.79 Å². The SMILES string of the molecule is Cc1oc(-c2ccsc2)nc1CC(=O)NC(C)(CNC(=O)OC(C)(C)C)C1CC1. The van der Waals surface area contributed by atoms with Gasteiger partial charge in [0.25, 0.3) is 0 Å². The summed E-state index contributed by atoms with van der Waals surface area (Å²) >= 11 is 1.57. The van der Waals surface area contributed by atoms with E-state index in [-0.39, 0.29) is 12.3 Å². The van der Waals surface area contributed by atoms with Gasteiger partial charge >= 0.3 is 6.09 Å². The van der Waals surface area contributed by atoms with E-state index >= 15 is 0 Å². The molecular formula is C21H29N3O4S. The van der Waals surface area contributed by atoms with Crippen LogP contribution in [0.4, 0.5) is 4.79 Å². The second-order valence-corrected chi connectivity index (χ2v) is 9.59. The molecule has 1 aliphatic rings. The monoisotopic (exact) mass is 419 g/mol. The summed E-state index contributed by atoms with van der Waals surface area (Å²) in [7, 11) is 0. The number of hydrogen-bond donors (Lipinski definition) is 2. The molecule has 0 saturated heterocycles. The van der Waals surface area contributed by atoms with Crippen LogP contribution in [-0.2, 0) is 16.0 Å². The maximum atomic E-state index is 12.7. The fourth-order valence-electron chi connectivity index (χ4n) is 3.20. The number of carbonyl (C=O) groups excluding carboxylic acids is 2. The van der Waals surface area contributed by atoms with E-state index in [1.54, 1.807) is 11.3 Å². The van der Waals surface area contributed by atoms with Crippen LogP contribution in [0.15, 0.2) is 21.2 Å². The molecule has 1 fully saturated rings. The van der Waals surface area contributed by atoms with Crippen LogP contribution in [0.1, 0.15) is 52.0 Å².